The molecule has 112 valence electrons. The van der Waals surface area contributed by atoms with Gasteiger partial charge in [-0.1, -0.05) is 6.07 Å². The predicted molar refractivity (Wildman–Crippen MR) is 83.8 cm³/mol. The van der Waals surface area contributed by atoms with E-state index in [4.69, 9.17) is 0 Å². The van der Waals surface area contributed by atoms with Gasteiger partial charge < -0.3 is 9.80 Å². The van der Waals surface area contributed by atoms with Crippen LogP contribution >= 0.6 is 11.3 Å². The normalized spacial score (nSPS) is 23.9. The maximum absolute atomic E-state index is 12.6. The second-order valence-corrected chi connectivity index (χ2v) is 6.50. The molecular formula is C16H15N3O2S. The first-order valence-corrected chi connectivity index (χ1v) is 8.22. The van der Waals surface area contributed by atoms with Gasteiger partial charge in [0.1, 0.15) is 5.69 Å². The van der Waals surface area contributed by atoms with Crippen LogP contribution in [0.3, 0.4) is 0 Å². The van der Waals surface area contributed by atoms with Crippen molar-refractivity contribution in [1.29, 1.82) is 0 Å². The Morgan fingerprint density at radius 2 is 2.14 bits per heavy atom. The molecule has 0 saturated carbocycles. The Morgan fingerprint density at radius 3 is 2.82 bits per heavy atom. The molecule has 2 saturated heterocycles. The van der Waals surface area contributed by atoms with E-state index >= 15 is 0 Å². The van der Waals surface area contributed by atoms with Crippen molar-refractivity contribution in [2.75, 3.05) is 24.5 Å². The second kappa shape index (κ2) is 5.21. The molecule has 0 aliphatic carbocycles. The fourth-order valence-electron chi connectivity index (χ4n) is 3.32. The Morgan fingerprint density at radius 1 is 1.23 bits per heavy atom. The monoisotopic (exact) mass is 313 g/mol. The lowest BCUT2D eigenvalue weighted by molar-refractivity contribution is -0.120. The van der Waals surface area contributed by atoms with Crippen molar-refractivity contribution < 1.29 is 9.59 Å². The Hall–Kier alpha value is -2.21. The lowest BCUT2D eigenvalue weighted by Crippen LogP contribution is -2.35. The average Bonchev–Trinajstić information content (AvgIpc) is 3.25. The Kier molecular flexibility index (Phi) is 3.18. The number of likely N-dealkylation sites (tertiary alicyclic amines) is 1. The third-order valence-electron chi connectivity index (χ3n) is 4.43. The largest absolute Gasteiger partial charge is 0.336 e. The van der Waals surface area contributed by atoms with Crippen molar-refractivity contribution in [3.05, 3.63) is 46.9 Å². The van der Waals surface area contributed by atoms with Crippen LogP contribution in [-0.2, 0) is 4.79 Å². The van der Waals surface area contributed by atoms with Crippen molar-refractivity contribution in [3.8, 4) is 0 Å². The van der Waals surface area contributed by atoms with Crippen molar-refractivity contribution in [3.63, 3.8) is 0 Å². The zero-order valence-electron chi connectivity index (χ0n) is 11.9. The zero-order valence-corrected chi connectivity index (χ0v) is 12.7. The number of thiophene rings is 1. The van der Waals surface area contributed by atoms with Crippen molar-refractivity contribution in [1.82, 2.24) is 9.88 Å². The van der Waals surface area contributed by atoms with Gasteiger partial charge in [-0.25, -0.2) is 0 Å². The van der Waals surface area contributed by atoms with E-state index in [0.717, 1.165) is 5.69 Å². The van der Waals surface area contributed by atoms with Crippen LogP contribution in [0.5, 0.6) is 0 Å². The minimum Gasteiger partial charge on any atom is -0.336 e. The van der Waals surface area contributed by atoms with E-state index < -0.39 is 0 Å². The van der Waals surface area contributed by atoms with Gasteiger partial charge >= 0.3 is 0 Å². The number of nitrogens with zero attached hydrogens (tertiary/aromatic N) is 3. The molecule has 0 aromatic carbocycles. The molecule has 4 heterocycles. The summed E-state index contributed by atoms with van der Waals surface area (Å²) in [7, 11) is 0. The van der Waals surface area contributed by atoms with Crippen LogP contribution in [0.4, 0.5) is 5.69 Å². The van der Waals surface area contributed by atoms with Gasteiger partial charge in [-0.2, -0.15) is 11.3 Å². The fraction of sp³-hybridized carbons (Fsp3) is 0.312. The molecule has 0 bridgehead atoms. The summed E-state index contributed by atoms with van der Waals surface area (Å²) in [6.45, 7) is 1.83. The maximum Gasteiger partial charge on any atom is 0.272 e. The zero-order chi connectivity index (χ0) is 15.1. The van der Waals surface area contributed by atoms with Gasteiger partial charge in [0.15, 0.2) is 0 Å². The third kappa shape index (κ3) is 2.11. The van der Waals surface area contributed by atoms with Crippen LogP contribution in [0.2, 0.25) is 0 Å². The molecule has 4 rings (SSSR count). The van der Waals surface area contributed by atoms with Gasteiger partial charge in [-0.3, -0.25) is 14.6 Å². The van der Waals surface area contributed by atoms with Crippen LogP contribution in [0.15, 0.2) is 41.2 Å². The molecular weight excluding hydrogens is 298 g/mol. The number of rotatable bonds is 2. The van der Waals surface area contributed by atoms with Gasteiger partial charge in [0.05, 0.1) is 11.6 Å². The summed E-state index contributed by atoms with van der Waals surface area (Å²) in [5.74, 6) is 0.206. The number of anilines is 1. The van der Waals surface area contributed by atoms with Gasteiger partial charge in [-0.05, 0) is 23.6 Å². The summed E-state index contributed by atoms with van der Waals surface area (Å²) < 4.78 is 0. The number of carbonyl (C=O) groups is 2. The van der Waals surface area contributed by atoms with Crippen molar-refractivity contribution in [2.45, 2.75) is 0 Å². The van der Waals surface area contributed by atoms with Crippen molar-refractivity contribution >= 4 is 28.8 Å². The number of hydrogen-bond acceptors (Lipinski definition) is 4. The minimum absolute atomic E-state index is 0.0763. The quantitative estimate of drug-likeness (QED) is 0.850. The molecule has 0 radical (unpaired) electrons. The highest BCUT2D eigenvalue weighted by Gasteiger charge is 2.48. The summed E-state index contributed by atoms with van der Waals surface area (Å²) in [6, 6.07) is 7.29. The number of pyridine rings is 1. The fourth-order valence-corrected chi connectivity index (χ4v) is 3.96. The summed E-state index contributed by atoms with van der Waals surface area (Å²) in [5, 5.41) is 3.98. The van der Waals surface area contributed by atoms with Crippen LogP contribution < -0.4 is 4.90 Å². The van der Waals surface area contributed by atoms with Gasteiger partial charge in [0, 0.05) is 37.1 Å². The lowest BCUT2D eigenvalue weighted by Gasteiger charge is -2.20. The van der Waals surface area contributed by atoms with Gasteiger partial charge in [0.2, 0.25) is 5.91 Å². The van der Waals surface area contributed by atoms with Crippen LogP contribution in [0.1, 0.15) is 10.5 Å². The number of amides is 2. The summed E-state index contributed by atoms with van der Waals surface area (Å²) >= 11 is 1.59. The number of aromatic nitrogens is 1. The van der Waals surface area contributed by atoms with E-state index in [1.54, 1.807) is 40.6 Å². The van der Waals surface area contributed by atoms with E-state index in [1.165, 1.54) is 0 Å². The van der Waals surface area contributed by atoms with Crippen LogP contribution in [0, 0.1) is 11.8 Å². The molecule has 22 heavy (non-hydrogen) atoms. The molecule has 2 atom stereocenters. The first-order chi connectivity index (χ1) is 10.7. The highest BCUT2D eigenvalue weighted by Crippen LogP contribution is 2.36. The SMILES string of the molecule is O=C(c1ccccn1)N1C[C@H]2CN(c3ccsc3)C(=O)[C@H]2C1. The molecule has 0 N–H and O–H groups in total. The van der Waals surface area contributed by atoms with E-state index in [1.807, 2.05) is 21.7 Å². The van der Waals surface area contributed by atoms with Crippen LogP contribution in [-0.4, -0.2) is 41.3 Å². The van der Waals surface area contributed by atoms with E-state index in [0.29, 0.717) is 25.3 Å². The minimum atomic E-state index is -0.0788. The average molecular weight is 313 g/mol. The van der Waals surface area contributed by atoms with Crippen molar-refractivity contribution in [2.24, 2.45) is 11.8 Å². The molecule has 2 amide bonds. The molecule has 2 aromatic heterocycles. The highest BCUT2D eigenvalue weighted by molar-refractivity contribution is 7.08. The van der Waals surface area contributed by atoms with Gasteiger partial charge in [0.25, 0.3) is 5.91 Å². The maximum atomic E-state index is 12.6. The van der Waals surface area contributed by atoms with Gasteiger partial charge in [-0.15, -0.1) is 0 Å². The Labute approximate surface area is 132 Å². The van der Waals surface area contributed by atoms with E-state index in [9.17, 15) is 9.59 Å². The summed E-state index contributed by atoms with van der Waals surface area (Å²) in [5.41, 5.74) is 1.43. The molecule has 2 aliphatic rings. The topological polar surface area (TPSA) is 53.5 Å². The number of hydrogen-bond donors (Lipinski definition) is 0. The Bertz CT molecular complexity index is 701. The first-order valence-electron chi connectivity index (χ1n) is 7.28. The van der Waals surface area contributed by atoms with Crippen LogP contribution in [0.25, 0.3) is 0 Å². The molecule has 2 fully saturated rings. The molecule has 2 aromatic rings. The first kappa shape index (κ1) is 13.5. The molecule has 2 aliphatic heterocycles. The third-order valence-corrected chi connectivity index (χ3v) is 5.10. The molecule has 0 spiro atoms. The summed E-state index contributed by atoms with van der Waals surface area (Å²) in [4.78, 5) is 32.7. The number of carbonyl (C=O) groups excluding carboxylic acids is 2. The standard InChI is InChI=1S/C16H15N3O2S/c20-15-13-9-18(16(21)14-3-1-2-5-17-14)7-11(13)8-19(15)12-4-6-22-10-12/h1-6,10-11,13H,7-9H2/t11-,13-/m0/s1. The second-order valence-electron chi connectivity index (χ2n) is 5.72. The molecule has 5 nitrogen and oxygen atoms in total. The Balaban J connectivity index is 1.49. The lowest BCUT2D eigenvalue weighted by atomic mass is 10.0. The number of fused-ring (bicyclic) bond motifs is 1. The highest BCUT2D eigenvalue weighted by atomic mass is 32.1. The van der Waals surface area contributed by atoms with E-state index in [2.05, 4.69) is 4.98 Å². The van der Waals surface area contributed by atoms with E-state index in [-0.39, 0.29) is 23.7 Å². The molecule has 6 heteroatoms. The molecule has 0 unspecified atom stereocenters. The smallest absolute Gasteiger partial charge is 0.272 e. The predicted octanol–water partition coefficient (Wildman–Crippen LogP) is 1.88. The summed E-state index contributed by atoms with van der Waals surface area (Å²) in [6.07, 6.45) is 1.62.